The first-order chi connectivity index (χ1) is 19.1. The molecule has 4 amide bonds. The minimum absolute atomic E-state index is 0.0107. The zero-order valence-electron chi connectivity index (χ0n) is 23.6. The first kappa shape index (κ1) is 30.7. The lowest BCUT2D eigenvalue weighted by Gasteiger charge is -2.33. The van der Waals surface area contributed by atoms with E-state index in [2.05, 4.69) is 47.2 Å². The fraction of sp³-hybridized carbons (Fsp3) is 0.643. The van der Waals surface area contributed by atoms with Gasteiger partial charge in [-0.1, -0.05) is 33.6 Å². The molecule has 0 radical (unpaired) electrons. The molecule has 0 bridgehead atoms. The van der Waals surface area contributed by atoms with E-state index in [1.165, 1.54) is 35.2 Å². The summed E-state index contributed by atoms with van der Waals surface area (Å²) in [5.41, 5.74) is 0. The number of fused-ring (bicyclic) bond motifs is 1. The van der Waals surface area contributed by atoms with Crippen LogP contribution in [0.2, 0.25) is 0 Å². The van der Waals surface area contributed by atoms with Crippen molar-refractivity contribution < 1.29 is 29.0 Å². The molecule has 4 rings (SSSR count). The van der Waals surface area contributed by atoms with Crippen molar-refractivity contribution in [1.29, 1.82) is 5.26 Å². The number of pyridine rings is 1. The molecule has 12 heteroatoms. The van der Waals surface area contributed by atoms with Crippen molar-refractivity contribution in [1.82, 2.24) is 20.1 Å². The molecule has 2 aliphatic heterocycles. The molecule has 0 aromatic carbocycles. The number of carbonyl (C=O) groups is 4. The number of hydrogen-bond acceptors (Lipinski definition) is 8. The lowest BCUT2D eigenvalue weighted by atomic mass is 9.78. The lowest BCUT2D eigenvalue weighted by Crippen LogP contribution is -2.53. The van der Waals surface area contributed by atoms with Gasteiger partial charge in [0.15, 0.2) is 11.6 Å². The third-order valence-electron chi connectivity index (χ3n) is 7.42. The number of methoxy groups -OCH3 is 1. The molecule has 2 saturated heterocycles. The standard InChI is InChI=1S/C24H30N6O6.C4H10/c1-36-24(35)27-11-19(32)30-12-14-5-2-3-6-17(14)20(30)23(34)29-13-15(9-16(29)10-25)22(33)28-21-18(31)7-4-8-26-21;1-4(2)3/h4,7-8,14-17,20,31H,2-3,5-6,9,11-13H2,1H3,(H,27,35)(H,26,28,33);4H,1-3H3. The van der Waals surface area contributed by atoms with Crippen molar-refractivity contribution >= 4 is 29.6 Å². The molecule has 3 fully saturated rings. The molecule has 218 valence electrons. The van der Waals surface area contributed by atoms with Crippen molar-refractivity contribution in [3.8, 4) is 11.8 Å². The van der Waals surface area contributed by atoms with Gasteiger partial charge in [-0.05, 0) is 49.1 Å². The van der Waals surface area contributed by atoms with Crippen LogP contribution in [0, 0.1) is 35.0 Å². The second-order valence-electron chi connectivity index (χ2n) is 11.2. The van der Waals surface area contributed by atoms with Gasteiger partial charge in [-0.3, -0.25) is 14.4 Å². The van der Waals surface area contributed by atoms with Gasteiger partial charge in [0.1, 0.15) is 18.6 Å². The molecule has 40 heavy (non-hydrogen) atoms. The minimum atomic E-state index is -0.821. The van der Waals surface area contributed by atoms with Crippen LogP contribution in [0.3, 0.4) is 0 Å². The molecule has 12 nitrogen and oxygen atoms in total. The van der Waals surface area contributed by atoms with Crippen LogP contribution < -0.4 is 10.6 Å². The van der Waals surface area contributed by atoms with Crippen LogP contribution in [-0.2, 0) is 19.1 Å². The SMILES string of the molecule is CC(C)C.COC(=O)NCC(=O)N1CC2CCCCC2C1C(=O)N1CC(C(=O)Nc2ncccc2O)CC1C#N. The predicted molar refractivity (Wildman–Crippen MR) is 146 cm³/mol. The molecule has 1 aromatic heterocycles. The van der Waals surface area contributed by atoms with Crippen LogP contribution in [0.5, 0.6) is 5.75 Å². The van der Waals surface area contributed by atoms with E-state index in [0.717, 1.165) is 31.6 Å². The van der Waals surface area contributed by atoms with Gasteiger partial charge in [-0.25, -0.2) is 9.78 Å². The smallest absolute Gasteiger partial charge is 0.407 e. The largest absolute Gasteiger partial charge is 0.504 e. The summed E-state index contributed by atoms with van der Waals surface area (Å²) in [5.74, 6) is -1.06. The summed E-state index contributed by atoms with van der Waals surface area (Å²) in [5, 5.41) is 24.6. The van der Waals surface area contributed by atoms with Crippen LogP contribution >= 0.6 is 0 Å². The van der Waals surface area contributed by atoms with Crippen LogP contribution in [0.15, 0.2) is 18.3 Å². The van der Waals surface area contributed by atoms with E-state index in [0.29, 0.717) is 6.54 Å². The number of hydrogen-bond donors (Lipinski definition) is 3. The van der Waals surface area contributed by atoms with E-state index in [9.17, 15) is 29.5 Å². The number of nitriles is 1. The number of nitrogens with zero attached hydrogens (tertiary/aromatic N) is 4. The maximum atomic E-state index is 13.8. The summed E-state index contributed by atoms with van der Waals surface area (Å²) in [6.45, 7) is 6.64. The highest BCUT2D eigenvalue weighted by atomic mass is 16.5. The number of ether oxygens (including phenoxy) is 1. The summed E-state index contributed by atoms with van der Waals surface area (Å²) in [6, 6.07) is 3.48. The average molecular weight is 557 g/mol. The number of amides is 4. The maximum absolute atomic E-state index is 13.8. The van der Waals surface area contributed by atoms with Crippen molar-refractivity contribution in [3.05, 3.63) is 18.3 Å². The molecule has 3 heterocycles. The Labute approximate surface area is 235 Å². The first-order valence-electron chi connectivity index (χ1n) is 13.8. The number of aromatic hydroxyl groups is 1. The lowest BCUT2D eigenvalue weighted by molar-refractivity contribution is -0.144. The van der Waals surface area contributed by atoms with Gasteiger partial charge in [-0.15, -0.1) is 0 Å². The molecular weight excluding hydrogens is 516 g/mol. The van der Waals surface area contributed by atoms with Gasteiger partial charge < -0.3 is 30.3 Å². The quantitative estimate of drug-likeness (QED) is 0.498. The summed E-state index contributed by atoms with van der Waals surface area (Å²) >= 11 is 0. The summed E-state index contributed by atoms with van der Waals surface area (Å²) < 4.78 is 4.54. The minimum Gasteiger partial charge on any atom is -0.504 e. The maximum Gasteiger partial charge on any atom is 0.407 e. The third kappa shape index (κ3) is 7.40. The van der Waals surface area contributed by atoms with Gasteiger partial charge in [-0.2, -0.15) is 5.26 Å². The second-order valence-corrected chi connectivity index (χ2v) is 11.2. The Hall–Kier alpha value is -3.88. The Morgan fingerprint density at radius 1 is 1.18 bits per heavy atom. The van der Waals surface area contributed by atoms with Gasteiger partial charge in [0.25, 0.3) is 0 Å². The Bertz CT molecular complexity index is 1120. The zero-order valence-corrected chi connectivity index (χ0v) is 23.6. The van der Waals surface area contributed by atoms with Crippen molar-refractivity contribution in [2.45, 2.75) is 65.0 Å². The Balaban J connectivity index is 0.00000103. The summed E-state index contributed by atoms with van der Waals surface area (Å²) in [4.78, 5) is 58.1. The average Bonchev–Trinajstić information content (AvgIpc) is 3.54. The fourth-order valence-corrected chi connectivity index (χ4v) is 5.64. The normalized spacial score (nSPS) is 25.2. The fourth-order valence-electron chi connectivity index (χ4n) is 5.64. The third-order valence-corrected chi connectivity index (χ3v) is 7.42. The number of aromatic nitrogens is 1. The molecule has 0 spiro atoms. The van der Waals surface area contributed by atoms with E-state index >= 15 is 0 Å². The number of likely N-dealkylation sites (tertiary alicyclic amines) is 2. The molecule has 3 aliphatic rings. The molecule has 1 aromatic rings. The van der Waals surface area contributed by atoms with Gasteiger partial charge in [0.2, 0.25) is 17.7 Å². The van der Waals surface area contributed by atoms with E-state index in [1.807, 2.05) is 0 Å². The van der Waals surface area contributed by atoms with E-state index in [-0.39, 0.29) is 54.7 Å². The zero-order chi connectivity index (χ0) is 29.4. The number of carbonyl (C=O) groups excluding carboxylic acids is 4. The van der Waals surface area contributed by atoms with E-state index in [4.69, 9.17) is 0 Å². The first-order valence-corrected chi connectivity index (χ1v) is 13.8. The monoisotopic (exact) mass is 556 g/mol. The summed E-state index contributed by atoms with van der Waals surface area (Å²) in [6.07, 6.45) is 4.51. The van der Waals surface area contributed by atoms with Gasteiger partial charge in [0.05, 0.1) is 19.1 Å². The predicted octanol–water partition coefficient (Wildman–Crippen LogP) is 2.50. The second kappa shape index (κ2) is 14.0. The van der Waals surface area contributed by atoms with Crippen LogP contribution in [0.25, 0.3) is 0 Å². The number of nitrogens with one attached hydrogen (secondary N) is 2. The van der Waals surface area contributed by atoms with E-state index in [1.54, 1.807) is 0 Å². The topological polar surface area (TPSA) is 165 Å². The Kier molecular flexibility index (Phi) is 10.7. The van der Waals surface area contributed by atoms with E-state index < -0.39 is 30.0 Å². The highest BCUT2D eigenvalue weighted by molar-refractivity contribution is 5.95. The van der Waals surface area contributed by atoms with Crippen molar-refractivity contribution in [2.24, 2.45) is 23.7 Å². The Morgan fingerprint density at radius 3 is 2.52 bits per heavy atom. The molecule has 3 N–H and O–H groups in total. The molecule has 5 atom stereocenters. The summed E-state index contributed by atoms with van der Waals surface area (Å²) in [7, 11) is 1.20. The highest BCUT2D eigenvalue weighted by Crippen LogP contribution is 2.42. The van der Waals surface area contributed by atoms with Crippen LogP contribution in [-0.4, -0.2) is 82.5 Å². The van der Waals surface area contributed by atoms with Gasteiger partial charge >= 0.3 is 6.09 Å². The highest BCUT2D eigenvalue weighted by Gasteiger charge is 2.51. The number of rotatable bonds is 5. The van der Waals surface area contributed by atoms with Crippen LogP contribution in [0.4, 0.5) is 10.6 Å². The number of alkyl carbamates (subject to hydrolysis) is 1. The van der Waals surface area contributed by atoms with Crippen molar-refractivity contribution in [2.75, 3.05) is 32.1 Å². The van der Waals surface area contributed by atoms with Crippen molar-refractivity contribution in [3.63, 3.8) is 0 Å². The molecule has 1 saturated carbocycles. The Morgan fingerprint density at radius 2 is 1.88 bits per heavy atom. The molecule has 5 unspecified atom stereocenters. The molecular formula is C28H40N6O6. The van der Waals surface area contributed by atoms with Crippen LogP contribution in [0.1, 0.15) is 52.9 Å². The van der Waals surface area contributed by atoms with Gasteiger partial charge in [0, 0.05) is 19.3 Å². The molecule has 1 aliphatic carbocycles. The number of anilines is 1.